The van der Waals surface area contributed by atoms with Gasteiger partial charge < -0.3 is 15.0 Å². The Balaban J connectivity index is 1.36. The molecule has 3 aromatic rings. The van der Waals surface area contributed by atoms with Crippen LogP contribution in [0, 0.1) is 0 Å². The third kappa shape index (κ3) is 3.40. The van der Waals surface area contributed by atoms with Crippen molar-refractivity contribution in [2.24, 2.45) is 0 Å². The van der Waals surface area contributed by atoms with Crippen molar-refractivity contribution in [3.05, 3.63) is 54.0 Å². The molecule has 2 aromatic heterocycles. The number of hydrogen-bond donors (Lipinski definition) is 2. The van der Waals surface area contributed by atoms with Gasteiger partial charge in [0.2, 0.25) is 0 Å². The van der Waals surface area contributed by atoms with Gasteiger partial charge in [-0.05, 0) is 43.4 Å². The highest BCUT2D eigenvalue weighted by molar-refractivity contribution is 5.58. The van der Waals surface area contributed by atoms with Crippen molar-refractivity contribution < 1.29 is 4.74 Å². The van der Waals surface area contributed by atoms with Crippen molar-refractivity contribution in [2.75, 3.05) is 23.9 Å². The van der Waals surface area contributed by atoms with E-state index in [9.17, 15) is 0 Å². The van der Waals surface area contributed by atoms with Gasteiger partial charge in [-0.25, -0.2) is 9.97 Å². The maximum Gasteiger partial charge on any atom is 0.153 e. The van der Waals surface area contributed by atoms with Crippen LogP contribution in [0.3, 0.4) is 0 Å². The average Bonchev–Trinajstić information content (AvgIpc) is 3.28. The summed E-state index contributed by atoms with van der Waals surface area (Å²) in [7, 11) is 1.71. The lowest BCUT2D eigenvalue weighted by atomic mass is 10.0. The fourth-order valence-electron chi connectivity index (χ4n) is 3.94. The van der Waals surface area contributed by atoms with Gasteiger partial charge in [-0.15, -0.1) is 0 Å². The highest BCUT2D eigenvalue weighted by atomic mass is 16.5. The van der Waals surface area contributed by atoms with Crippen LogP contribution in [0.1, 0.15) is 48.9 Å². The fraction of sp³-hybridized carbons (Fsp3) is 0.381. The summed E-state index contributed by atoms with van der Waals surface area (Å²) in [5, 5.41) is 10.8. The van der Waals surface area contributed by atoms with Gasteiger partial charge in [0, 0.05) is 30.3 Å². The molecule has 0 radical (unpaired) electrons. The molecule has 28 heavy (non-hydrogen) atoms. The third-order valence-corrected chi connectivity index (χ3v) is 5.55. The van der Waals surface area contributed by atoms with Crippen LogP contribution in [0.25, 0.3) is 0 Å². The number of anilines is 3. The topological polar surface area (TPSA) is 79.0 Å². The minimum atomic E-state index is 0.296. The molecule has 0 spiro atoms. The number of rotatable bonds is 6. The van der Waals surface area contributed by atoms with E-state index in [0.29, 0.717) is 12.0 Å². The van der Waals surface area contributed by atoms with Gasteiger partial charge in [-0.1, -0.05) is 12.1 Å². The van der Waals surface area contributed by atoms with Gasteiger partial charge >= 0.3 is 0 Å². The first-order valence-electron chi connectivity index (χ1n) is 9.85. The second kappa shape index (κ2) is 7.14. The zero-order chi connectivity index (χ0) is 18.9. The zero-order valence-electron chi connectivity index (χ0n) is 15.9. The van der Waals surface area contributed by atoms with Crippen molar-refractivity contribution in [1.29, 1.82) is 0 Å². The van der Waals surface area contributed by atoms with Gasteiger partial charge in [-0.3, -0.25) is 5.10 Å². The number of ether oxygens (including phenoxy) is 1. The molecule has 144 valence electrons. The number of aromatic nitrogens is 4. The van der Waals surface area contributed by atoms with Gasteiger partial charge in [0.25, 0.3) is 0 Å². The molecule has 1 aliphatic carbocycles. The Bertz CT molecular complexity index is 967. The van der Waals surface area contributed by atoms with Crippen molar-refractivity contribution in [3.63, 3.8) is 0 Å². The fourth-order valence-corrected chi connectivity index (χ4v) is 3.94. The Morgan fingerprint density at radius 2 is 2.04 bits per heavy atom. The van der Waals surface area contributed by atoms with Gasteiger partial charge in [0.1, 0.15) is 23.7 Å². The molecule has 1 unspecified atom stereocenters. The largest absolute Gasteiger partial charge is 0.497 e. The van der Waals surface area contributed by atoms with E-state index in [1.165, 1.54) is 24.1 Å². The molecular weight excluding hydrogens is 352 g/mol. The van der Waals surface area contributed by atoms with E-state index >= 15 is 0 Å². The number of H-pyrrole nitrogens is 1. The quantitative estimate of drug-likeness (QED) is 0.672. The maximum atomic E-state index is 5.40. The normalized spacial score (nSPS) is 19.0. The zero-order valence-corrected chi connectivity index (χ0v) is 15.9. The molecular formula is C21H24N6O. The lowest BCUT2D eigenvalue weighted by Crippen LogP contribution is -2.23. The molecule has 3 heterocycles. The maximum absolute atomic E-state index is 5.40. The van der Waals surface area contributed by atoms with E-state index in [0.717, 1.165) is 42.6 Å². The SMILES string of the molecule is COc1cccc(C2CCCN2c2cc(Nc3cc(C4CC4)[nH]n3)ncn2)c1. The summed E-state index contributed by atoms with van der Waals surface area (Å²) in [4.78, 5) is 11.3. The Labute approximate surface area is 164 Å². The van der Waals surface area contributed by atoms with E-state index in [4.69, 9.17) is 4.74 Å². The second-order valence-corrected chi connectivity index (χ2v) is 7.50. The Kier molecular flexibility index (Phi) is 4.35. The van der Waals surface area contributed by atoms with E-state index < -0.39 is 0 Å². The number of benzene rings is 1. The number of hydrogen-bond acceptors (Lipinski definition) is 6. The Hall–Kier alpha value is -3.09. The van der Waals surface area contributed by atoms with Crippen LogP contribution in [0.4, 0.5) is 17.5 Å². The molecule has 2 N–H and O–H groups in total. The van der Waals surface area contributed by atoms with Crippen molar-refractivity contribution in [2.45, 2.75) is 37.6 Å². The molecule has 7 nitrogen and oxygen atoms in total. The van der Waals surface area contributed by atoms with E-state index in [1.54, 1.807) is 13.4 Å². The molecule has 1 atom stereocenters. The predicted molar refractivity (Wildman–Crippen MR) is 108 cm³/mol. The Morgan fingerprint density at radius 1 is 1.11 bits per heavy atom. The van der Waals surface area contributed by atoms with Gasteiger partial charge in [-0.2, -0.15) is 5.10 Å². The van der Waals surface area contributed by atoms with Crippen molar-refractivity contribution in [1.82, 2.24) is 20.2 Å². The molecule has 1 saturated heterocycles. The summed E-state index contributed by atoms with van der Waals surface area (Å²) in [5.74, 6) is 4.03. The summed E-state index contributed by atoms with van der Waals surface area (Å²) >= 11 is 0. The molecule has 0 bridgehead atoms. The van der Waals surface area contributed by atoms with Crippen LogP contribution in [0.15, 0.2) is 42.7 Å². The third-order valence-electron chi connectivity index (χ3n) is 5.55. The summed E-state index contributed by atoms with van der Waals surface area (Å²) in [6, 6.07) is 12.7. The predicted octanol–water partition coefficient (Wildman–Crippen LogP) is 4.17. The minimum absolute atomic E-state index is 0.296. The molecule has 1 aliphatic heterocycles. The van der Waals surface area contributed by atoms with Crippen molar-refractivity contribution >= 4 is 17.5 Å². The molecule has 1 aromatic carbocycles. The summed E-state index contributed by atoms with van der Waals surface area (Å²) in [5.41, 5.74) is 2.46. The molecule has 7 heteroatoms. The van der Waals surface area contributed by atoms with Crippen LogP contribution in [-0.2, 0) is 0 Å². The standard InChI is InChI=1S/C21H24N6O/c1-28-16-5-2-4-15(10-16)18-6-3-9-27(18)21-12-19(22-13-23-21)24-20-11-17(25-26-20)14-7-8-14/h2,4-5,10-14,18H,3,6-9H2,1H3,(H2,22,23,24,25,26). The first-order valence-corrected chi connectivity index (χ1v) is 9.85. The number of methoxy groups -OCH3 is 1. The lowest BCUT2D eigenvalue weighted by molar-refractivity contribution is 0.414. The van der Waals surface area contributed by atoms with Crippen LogP contribution < -0.4 is 15.0 Å². The number of nitrogens with zero attached hydrogens (tertiary/aromatic N) is 4. The monoisotopic (exact) mass is 376 g/mol. The molecule has 5 rings (SSSR count). The number of aromatic amines is 1. The summed E-state index contributed by atoms with van der Waals surface area (Å²) in [6.07, 6.45) is 6.36. The van der Waals surface area contributed by atoms with Crippen LogP contribution in [0.2, 0.25) is 0 Å². The molecule has 1 saturated carbocycles. The first kappa shape index (κ1) is 17.0. The van der Waals surface area contributed by atoms with Crippen LogP contribution in [0.5, 0.6) is 5.75 Å². The van der Waals surface area contributed by atoms with Crippen LogP contribution >= 0.6 is 0 Å². The molecule has 0 amide bonds. The van der Waals surface area contributed by atoms with E-state index in [-0.39, 0.29) is 0 Å². The highest BCUT2D eigenvalue weighted by Crippen LogP contribution is 2.40. The van der Waals surface area contributed by atoms with E-state index in [1.807, 2.05) is 18.2 Å². The average molecular weight is 376 g/mol. The first-order chi connectivity index (χ1) is 13.8. The lowest BCUT2D eigenvalue weighted by Gasteiger charge is -2.26. The smallest absolute Gasteiger partial charge is 0.153 e. The number of nitrogens with one attached hydrogen (secondary N) is 2. The summed E-state index contributed by atoms with van der Waals surface area (Å²) < 4.78 is 5.40. The van der Waals surface area contributed by atoms with Crippen LogP contribution in [-0.4, -0.2) is 33.8 Å². The van der Waals surface area contributed by atoms with E-state index in [2.05, 4.69) is 48.6 Å². The summed E-state index contributed by atoms with van der Waals surface area (Å²) in [6.45, 7) is 0.979. The van der Waals surface area contributed by atoms with Gasteiger partial charge in [0.15, 0.2) is 5.82 Å². The second-order valence-electron chi connectivity index (χ2n) is 7.50. The Morgan fingerprint density at radius 3 is 2.89 bits per heavy atom. The molecule has 2 aliphatic rings. The van der Waals surface area contributed by atoms with Gasteiger partial charge in [0.05, 0.1) is 13.2 Å². The minimum Gasteiger partial charge on any atom is -0.497 e. The highest BCUT2D eigenvalue weighted by Gasteiger charge is 2.28. The van der Waals surface area contributed by atoms with Crippen molar-refractivity contribution in [3.8, 4) is 5.75 Å². The molecule has 2 fully saturated rings.